The fourth-order valence-corrected chi connectivity index (χ4v) is 4.84. The van der Waals surface area contributed by atoms with Crippen molar-refractivity contribution in [3.63, 3.8) is 0 Å². The molecule has 1 unspecified atom stereocenters. The van der Waals surface area contributed by atoms with E-state index in [1.165, 1.54) is 27.7 Å². The van der Waals surface area contributed by atoms with Gasteiger partial charge in [-0.15, -0.1) is 0 Å². The second-order valence-corrected chi connectivity index (χ2v) is 9.36. The molecular weight excluding hydrogens is 496 g/mol. The third-order valence-corrected chi connectivity index (χ3v) is 6.93. The standard InChI is InChI=1S/C27H24N2O9/c1-11-23(33)21(13(3)30)25-22(24(11)34)27(4)18(38-25)8-15(31)20(26(27)35)12(2)28-9-19(32)29-14-5-6-16-17(7-14)37-10-36-16/h5-8,28,33-34H,9-10H2,1-4H3,(H,29,32). The molecule has 0 spiro atoms. The number of phenols is 2. The van der Waals surface area contributed by atoms with Gasteiger partial charge in [0.2, 0.25) is 12.7 Å². The van der Waals surface area contributed by atoms with Crippen LogP contribution in [-0.4, -0.2) is 46.8 Å². The Morgan fingerprint density at radius 1 is 1.08 bits per heavy atom. The number of phenolic OH excluding ortho intramolecular Hbond substituents is 2. The van der Waals surface area contributed by atoms with Gasteiger partial charge < -0.3 is 35.1 Å². The zero-order valence-electron chi connectivity index (χ0n) is 21.0. The number of carbonyl (C=O) groups is 4. The van der Waals surface area contributed by atoms with Gasteiger partial charge >= 0.3 is 0 Å². The number of rotatable bonds is 5. The fraction of sp³-hybridized carbons (Fsp3) is 0.259. The number of amides is 1. The van der Waals surface area contributed by atoms with Gasteiger partial charge in [-0.05, 0) is 39.8 Å². The average Bonchev–Trinajstić information content (AvgIpc) is 3.43. The summed E-state index contributed by atoms with van der Waals surface area (Å²) in [6.45, 7) is 5.43. The van der Waals surface area contributed by atoms with Crippen LogP contribution in [0.25, 0.3) is 0 Å². The molecule has 11 nitrogen and oxygen atoms in total. The molecule has 2 aromatic rings. The van der Waals surface area contributed by atoms with E-state index in [0.717, 1.165) is 6.08 Å². The zero-order valence-corrected chi connectivity index (χ0v) is 21.0. The van der Waals surface area contributed by atoms with Crippen molar-refractivity contribution in [1.82, 2.24) is 5.32 Å². The predicted molar refractivity (Wildman–Crippen MR) is 132 cm³/mol. The first-order valence-corrected chi connectivity index (χ1v) is 11.7. The summed E-state index contributed by atoms with van der Waals surface area (Å²) in [5.74, 6) is -2.36. The molecule has 196 valence electrons. The second kappa shape index (κ2) is 8.65. The number of Topliss-reactive ketones (excluding diaryl/α,β-unsaturated/α-hetero) is 2. The van der Waals surface area contributed by atoms with Gasteiger partial charge in [0.15, 0.2) is 28.8 Å². The van der Waals surface area contributed by atoms with Crippen LogP contribution in [0, 0.1) is 6.92 Å². The molecule has 0 fully saturated rings. The van der Waals surface area contributed by atoms with Crippen molar-refractivity contribution in [2.45, 2.75) is 33.1 Å². The van der Waals surface area contributed by atoms with Crippen LogP contribution < -0.4 is 24.8 Å². The molecule has 0 saturated heterocycles. The number of aromatic hydroxyl groups is 2. The largest absolute Gasteiger partial charge is 0.507 e. The van der Waals surface area contributed by atoms with Crippen LogP contribution in [0.1, 0.15) is 42.3 Å². The number of carbonyl (C=O) groups excluding carboxylic acids is 4. The van der Waals surface area contributed by atoms with Crippen molar-refractivity contribution in [1.29, 1.82) is 0 Å². The lowest BCUT2D eigenvalue weighted by molar-refractivity contribution is -0.124. The first kappa shape index (κ1) is 24.9. The van der Waals surface area contributed by atoms with Gasteiger partial charge in [-0.1, -0.05) is 0 Å². The maximum absolute atomic E-state index is 13.8. The highest BCUT2D eigenvalue weighted by Crippen LogP contribution is 2.57. The van der Waals surface area contributed by atoms with Crippen LogP contribution in [0.5, 0.6) is 28.7 Å². The van der Waals surface area contributed by atoms with Gasteiger partial charge in [0.25, 0.3) is 0 Å². The van der Waals surface area contributed by atoms with Gasteiger partial charge in [0.1, 0.15) is 34.0 Å². The summed E-state index contributed by atoms with van der Waals surface area (Å²) in [7, 11) is 0. The quantitative estimate of drug-likeness (QED) is 0.262. The van der Waals surface area contributed by atoms with Crippen molar-refractivity contribution in [2.75, 3.05) is 18.7 Å². The summed E-state index contributed by atoms with van der Waals surface area (Å²) in [5.41, 5.74) is -1.43. The lowest BCUT2D eigenvalue weighted by Crippen LogP contribution is -2.41. The van der Waals surface area contributed by atoms with Crippen molar-refractivity contribution in [3.8, 4) is 28.7 Å². The molecule has 0 saturated carbocycles. The number of hydrogen-bond donors (Lipinski definition) is 4. The Bertz CT molecular complexity index is 1540. The van der Waals surface area contributed by atoms with E-state index >= 15 is 0 Å². The minimum atomic E-state index is -1.64. The van der Waals surface area contributed by atoms with Gasteiger partial charge in [-0.3, -0.25) is 19.2 Å². The van der Waals surface area contributed by atoms with Crippen LogP contribution >= 0.6 is 0 Å². The molecule has 1 amide bonds. The molecule has 1 atom stereocenters. The summed E-state index contributed by atoms with van der Waals surface area (Å²) < 4.78 is 16.3. The Hall–Kier alpha value is -4.80. The molecule has 5 rings (SSSR count). The summed E-state index contributed by atoms with van der Waals surface area (Å²) in [6, 6.07) is 4.93. The molecule has 1 aliphatic carbocycles. The summed E-state index contributed by atoms with van der Waals surface area (Å²) in [6.07, 6.45) is 1.12. The third-order valence-electron chi connectivity index (χ3n) is 6.93. The number of ether oxygens (including phenoxy) is 3. The first-order chi connectivity index (χ1) is 17.9. The minimum Gasteiger partial charge on any atom is -0.507 e. The van der Waals surface area contributed by atoms with Crippen LogP contribution in [0.4, 0.5) is 5.69 Å². The van der Waals surface area contributed by atoms with E-state index < -0.39 is 40.2 Å². The molecule has 0 bridgehead atoms. The highest BCUT2D eigenvalue weighted by atomic mass is 16.7. The van der Waals surface area contributed by atoms with Crippen LogP contribution in [-0.2, 0) is 19.8 Å². The predicted octanol–water partition coefficient (Wildman–Crippen LogP) is 2.53. The van der Waals surface area contributed by atoms with Gasteiger partial charge in [-0.25, -0.2) is 0 Å². The molecular formula is C27H24N2O9. The van der Waals surface area contributed by atoms with E-state index in [1.54, 1.807) is 18.2 Å². The fourth-order valence-electron chi connectivity index (χ4n) is 4.84. The molecule has 3 aliphatic rings. The molecule has 38 heavy (non-hydrogen) atoms. The van der Waals surface area contributed by atoms with Gasteiger partial charge in [-0.2, -0.15) is 0 Å². The van der Waals surface area contributed by atoms with Crippen molar-refractivity contribution in [3.05, 3.63) is 58.0 Å². The number of allylic oxidation sites excluding steroid dienone is 4. The second-order valence-electron chi connectivity index (χ2n) is 9.36. The number of fused-ring (bicyclic) bond motifs is 4. The van der Waals surface area contributed by atoms with Crippen LogP contribution in [0.3, 0.4) is 0 Å². The number of ketones is 3. The van der Waals surface area contributed by atoms with E-state index in [-0.39, 0.29) is 52.8 Å². The SMILES string of the molecule is CC(=O)c1c(O)c(C)c(O)c2c1OC1=CC(=O)C(=C(C)NCC(=O)Nc3ccc4c(c3)OCO4)C(=O)C12C. The lowest BCUT2D eigenvalue weighted by Gasteiger charge is -2.29. The average molecular weight is 520 g/mol. The Morgan fingerprint density at radius 2 is 1.79 bits per heavy atom. The molecule has 2 aromatic carbocycles. The van der Waals surface area contributed by atoms with E-state index in [0.29, 0.717) is 17.2 Å². The Morgan fingerprint density at radius 3 is 2.50 bits per heavy atom. The molecule has 0 aromatic heterocycles. The van der Waals surface area contributed by atoms with Gasteiger partial charge in [0, 0.05) is 29.1 Å². The Labute approximate surface area is 216 Å². The number of nitrogens with one attached hydrogen (secondary N) is 2. The topological polar surface area (TPSA) is 160 Å². The van der Waals surface area contributed by atoms with Crippen molar-refractivity contribution in [2.24, 2.45) is 0 Å². The molecule has 2 aliphatic heterocycles. The highest BCUT2D eigenvalue weighted by molar-refractivity contribution is 6.31. The minimum absolute atomic E-state index is 0.00490. The van der Waals surface area contributed by atoms with Crippen molar-refractivity contribution < 1.29 is 43.6 Å². The zero-order chi connectivity index (χ0) is 27.5. The highest BCUT2D eigenvalue weighted by Gasteiger charge is 2.56. The van der Waals surface area contributed by atoms with E-state index in [9.17, 15) is 29.4 Å². The van der Waals surface area contributed by atoms with E-state index in [4.69, 9.17) is 14.2 Å². The number of benzene rings is 2. The van der Waals surface area contributed by atoms with E-state index in [1.807, 2.05) is 0 Å². The third kappa shape index (κ3) is 3.58. The monoisotopic (exact) mass is 520 g/mol. The lowest BCUT2D eigenvalue weighted by atomic mass is 9.70. The molecule has 0 radical (unpaired) electrons. The maximum Gasteiger partial charge on any atom is 0.243 e. The van der Waals surface area contributed by atoms with Crippen LogP contribution in [0.15, 0.2) is 41.3 Å². The van der Waals surface area contributed by atoms with E-state index in [2.05, 4.69) is 10.6 Å². The summed E-state index contributed by atoms with van der Waals surface area (Å²) >= 11 is 0. The maximum atomic E-state index is 13.8. The Kier molecular flexibility index (Phi) is 5.66. The first-order valence-electron chi connectivity index (χ1n) is 11.7. The molecule has 4 N–H and O–H groups in total. The summed E-state index contributed by atoms with van der Waals surface area (Å²) in [5, 5.41) is 26.8. The van der Waals surface area contributed by atoms with Crippen molar-refractivity contribution >= 4 is 28.9 Å². The Balaban J connectivity index is 1.43. The summed E-state index contributed by atoms with van der Waals surface area (Å²) in [4.78, 5) is 51.6. The normalized spacial score (nSPS) is 20.3. The number of anilines is 1. The smallest absolute Gasteiger partial charge is 0.243 e. The van der Waals surface area contributed by atoms with Crippen LogP contribution in [0.2, 0.25) is 0 Å². The molecule has 11 heteroatoms. The number of hydrogen-bond acceptors (Lipinski definition) is 10. The van der Waals surface area contributed by atoms with Gasteiger partial charge in [0.05, 0.1) is 17.7 Å². The molecule has 2 heterocycles.